The van der Waals surface area contributed by atoms with E-state index in [9.17, 15) is 9.59 Å². The van der Waals surface area contributed by atoms with Crippen molar-refractivity contribution in [1.82, 2.24) is 4.98 Å². The van der Waals surface area contributed by atoms with E-state index in [0.717, 1.165) is 15.8 Å². The van der Waals surface area contributed by atoms with Crippen molar-refractivity contribution in [3.05, 3.63) is 99.9 Å². The molecule has 164 valence electrons. The molecule has 5 aromatic rings. The van der Waals surface area contributed by atoms with E-state index in [0.29, 0.717) is 27.4 Å². The van der Waals surface area contributed by atoms with Crippen LogP contribution in [0.3, 0.4) is 0 Å². The van der Waals surface area contributed by atoms with Gasteiger partial charge in [0.05, 0.1) is 18.4 Å². The molecule has 0 N–H and O–H groups in total. The normalized spacial score (nSPS) is 11.1. The summed E-state index contributed by atoms with van der Waals surface area (Å²) < 4.78 is 11.8. The third-order valence-corrected chi connectivity index (χ3v) is 6.66. The molecule has 33 heavy (non-hydrogen) atoms. The molecular weight excluding hydrogens is 436 g/mol. The van der Waals surface area contributed by atoms with Crippen LogP contribution in [0.15, 0.2) is 82.0 Å². The first kappa shape index (κ1) is 20.9. The number of benzene rings is 3. The van der Waals surface area contributed by atoms with Crippen molar-refractivity contribution in [2.24, 2.45) is 0 Å². The lowest BCUT2D eigenvalue weighted by molar-refractivity contribution is 0.0981. The van der Waals surface area contributed by atoms with Crippen molar-refractivity contribution >= 4 is 43.6 Å². The molecule has 2 heterocycles. The van der Waals surface area contributed by atoms with E-state index in [4.69, 9.17) is 14.1 Å². The molecule has 1 amide bonds. The van der Waals surface area contributed by atoms with Crippen LogP contribution in [0.4, 0.5) is 5.13 Å². The number of rotatable bonds is 5. The van der Waals surface area contributed by atoms with E-state index in [1.54, 1.807) is 25.3 Å². The van der Waals surface area contributed by atoms with Crippen LogP contribution in [0.25, 0.3) is 21.2 Å². The number of nitrogens with zero attached hydrogens (tertiary/aromatic N) is 2. The number of hydrogen-bond donors (Lipinski definition) is 0. The molecule has 5 rings (SSSR count). The molecule has 0 saturated carbocycles. The Hall–Kier alpha value is -3.97. The van der Waals surface area contributed by atoms with Crippen LogP contribution < -0.4 is 15.3 Å². The molecule has 0 aliphatic carbocycles. The third-order valence-electron chi connectivity index (χ3n) is 5.44. The fraction of sp³-hybridized carbons (Fsp3) is 0.115. The maximum atomic E-state index is 13.7. The van der Waals surface area contributed by atoms with Crippen LogP contribution in [0, 0.1) is 6.92 Å². The van der Waals surface area contributed by atoms with Crippen molar-refractivity contribution in [2.45, 2.75) is 13.5 Å². The first-order valence-electron chi connectivity index (χ1n) is 10.4. The van der Waals surface area contributed by atoms with Gasteiger partial charge in [0.15, 0.2) is 5.13 Å². The highest BCUT2D eigenvalue weighted by Gasteiger charge is 2.26. The fourth-order valence-electron chi connectivity index (χ4n) is 3.73. The van der Waals surface area contributed by atoms with Gasteiger partial charge in [-0.15, -0.1) is 0 Å². The lowest BCUT2D eigenvalue weighted by Gasteiger charge is -2.19. The number of aryl methyl sites for hydroxylation is 1. The van der Waals surface area contributed by atoms with Crippen LogP contribution >= 0.6 is 11.3 Å². The topological polar surface area (TPSA) is 72.6 Å². The summed E-state index contributed by atoms with van der Waals surface area (Å²) in [6.45, 7) is 2.25. The molecule has 0 fully saturated rings. The van der Waals surface area contributed by atoms with Gasteiger partial charge in [0.2, 0.25) is 0 Å². The highest BCUT2D eigenvalue weighted by molar-refractivity contribution is 7.22. The smallest absolute Gasteiger partial charge is 0.349 e. The molecule has 0 unspecified atom stereocenters. The summed E-state index contributed by atoms with van der Waals surface area (Å²) in [6, 6.07) is 22.1. The number of carbonyl (C=O) groups excluding carboxylic acids is 1. The molecule has 0 spiro atoms. The zero-order chi connectivity index (χ0) is 22.9. The Morgan fingerprint density at radius 3 is 2.61 bits per heavy atom. The van der Waals surface area contributed by atoms with Crippen LogP contribution in [-0.4, -0.2) is 18.0 Å². The molecule has 0 aliphatic rings. The number of hydrogen-bond acceptors (Lipinski definition) is 6. The molecular formula is C26H20N2O4S. The van der Waals surface area contributed by atoms with E-state index < -0.39 is 11.5 Å². The fourth-order valence-corrected chi connectivity index (χ4v) is 4.78. The quantitative estimate of drug-likeness (QED) is 0.324. The van der Waals surface area contributed by atoms with Crippen molar-refractivity contribution in [3.8, 4) is 5.75 Å². The first-order chi connectivity index (χ1) is 16.0. The second-order valence-corrected chi connectivity index (χ2v) is 8.60. The summed E-state index contributed by atoms with van der Waals surface area (Å²) in [5.74, 6) is 0.171. The molecule has 0 aliphatic heterocycles. The van der Waals surface area contributed by atoms with Gasteiger partial charge in [-0.25, -0.2) is 9.78 Å². The number of amides is 1. The molecule has 0 radical (unpaired) electrons. The highest BCUT2D eigenvalue weighted by Crippen LogP contribution is 2.37. The Labute approximate surface area is 193 Å². The molecule has 0 atom stereocenters. The summed E-state index contributed by atoms with van der Waals surface area (Å²) in [5.41, 5.74) is 2.37. The predicted octanol–water partition coefficient (Wildman–Crippen LogP) is 5.57. The van der Waals surface area contributed by atoms with Gasteiger partial charge in [-0.3, -0.25) is 9.69 Å². The van der Waals surface area contributed by atoms with Gasteiger partial charge in [0.1, 0.15) is 22.4 Å². The number of carbonyl (C=O) groups is 1. The van der Waals surface area contributed by atoms with Crippen molar-refractivity contribution in [2.75, 3.05) is 12.0 Å². The van der Waals surface area contributed by atoms with Crippen LogP contribution in [0.1, 0.15) is 21.5 Å². The van der Waals surface area contributed by atoms with Gasteiger partial charge in [0.25, 0.3) is 5.91 Å². The summed E-state index contributed by atoms with van der Waals surface area (Å²) in [6.07, 6.45) is 0. The summed E-state index contributed by atoms with van der Waals surface area (Å²) in [4.78, 5) is 32.7. The Bertz CT molecular complexity index is 1540. The molecule has 3 aromatic carbocycles. The second kappa shape index (κ2) is 8.52. The van der Waals surface area contributed by atoms with Crippen LogP contribution in [0.5, 0.6) is 5.75 Å². The maximum absolute atomic E-state index is 13.7. The second-order valence-electron chi connectivity index (χ2n) is 7.62. The molecule has 0 saturated heterocycles. The lowest BCUT2D eigenvalue weighted by atomic mass is 10.1. The number of para-hydroxylation sites is 1. The summed E-state index contributed by atoms with van der Waals surface area (Å²) in [5, 5.41) is 1.17. The Morgan fingerprint density at radius 1 is 1.06 bits per heavy atom. The van der Waals surface area contributed by atoms with Gasteiger partial charge >= 0.3 is 5.63 Å². The average molecular weight is 457 g/mol. The van der Waals surface area contributed by atoms with Crippen LogP contribution in [-0.2, 0) is 6.54 Å². The van der Waals surface area contributed by atoms with Gasteiger partial charge in [-0.1, -0.05) is 65.9 Å². The number of ether oxygens (including phenoxy) is 1. The third kappa shape index (κ3) is 3.87. The molecule has 0 bridgehead atoms. The monoisotopic (exact) mass is 456 g/mol. The van der Waals surface area contributed by atoms with Crippen molar-refractivity contribution < 1.29 is 13.9 Å². The van der Waals surface area contributed by atoms with E-state index >= 15 is 0 Å². The van der Waals surface area contributed by atoms with E-state index in [-0.39, 0.29) is 12.1 Å². The van der Waals surface area contributed by atoms with E-state index in [2.05, 4.69) is 0 Å². The van der Waals surface area contributed by atoms with Gasteiger partial charge in [-0.05, 0) is 36.2 Å². The van der Waals surface area contributed by atoms with Crippen molar-refractivity contribution in [3.63, 3.8) is 0 Å². The highest BCUT2D eigenvalue weighted by atomic mass is 32.1. The average Bonchev–Trinajstić information content (AvgIpc) is 3.29. The molecule has 2 aromatic heterocycles. The Balaban J connectivity index is 1.66. The Morgan fingerprint density at radius 2 is 1.82 bits per heavy atom. The largest absolute Gasteiger partial charge is 0.494 e. The zero-order valence-corrected chi connectivity index (χ0v) is 18.9. The lowest BCUT2D eigenvalue weighted by Crippen LogP contribution is -2.33. The van der Waals surface area contributed by atoms with Gasteiger partial charge in [-0.2, -0.15) is 0 Å². The van der Waals surface area contributed by atoms with Gasteiger partial charge < -0.3 is 9.15 Å². The molecule has 6 nitrogen and oxygen atoms in total. The van der Waals surface area contributed by atoms with E-state index in [1.165, 1.54) is 16.2 Å². The summed E-state index contributed by atoms with van der Waals surface area (Å²) in [7, 11) is 1.59. The number of thiazole rings is 1. The predicted molar refractivity (Wildman–Crippen MR) is 130 cm³/mol. The summed E-state index contributed by atoms with van der Waals surface area (Å²) >= 11 is 1.39. The standard InChI is InChI=1S/C26H20N2O4S/c1-16-12-13-21(31-2)22-23(16)33-26(27-22)28(15-17-8-4-3-5-9-17)24(29)19-14-18-10-6-7-11-20(18)32-25(19)30/h3-14H,15H2,1-2H3. The number of fused-ring (bicyclic) bond motifs is 2. The minimum Gasteiger partial charge on any atom is -0.494 e. The van der Waals surface area contributed by atoms with Crippen molar-refractivity contribution in [1.29, 1.82) is 0 Å². The molecule has 7 heteroatoms. The van der Waals surface area contributed by atoms with E-state index in [1.807, 2.05) is 61.5 Å². The minimum absolute atomic E-state index is 0.0347. The SMILES string of the molecule is COc1ccc(C)c2sc(N(Cc3ccccc3)C(=O)c3cc4ccccc4oc3=O)nc12. The number of aromatic nitrogens is 1. The van der Waals surface area contributed by atoms with Crippen LogP contribution in [0.2, 0.25) is 0 Å². The van der Waals surface area contributed by atoms with Gasteiger partial charge in [0, 0.05) is 5.39 Å². The zero-order valence-electron chi connectivity index (χ0n) is 18.1. The first-order valence-corrected chi connectivity index (χ1v) is 11.2. The number of anilines is 1. The number of methoxy groups -OCH3 is 1. The maximum Gasteiger partial charge on any atom is 0.349 e. The Kier molecular flexibility index (Phi) is 5.40. The minimum atomic E-state index is -0.674.